The van der Waals surface area contributed by atoms with Crippen molar-refractivity contribution in [1.29, 1.82) is 0 Å². The van der Waals surface area contributed by atoms with Gasteiger partial charge >= 0.3 is 0 Å². The first-order valence-corrected chi connectivity index (χ1v) is 12.0. The van der Waals surface area contributed by atoms with Crippen molar-refractivity contribution in [2.75, 3.05) is 12.3 Å². The number of nitrogen functional groups attached to an aromatic ring is 1. The van der Waals surface area contributed by atoms with Gasteiger partial charge in [0.2, 0.25) is 5.95 Å². The largest absolute Gasteiger partial charge is 0.399 e. The maximum atomic E-state index is 13.5. The van der Waals surface area contributed by atoms with Crippen LogP contribution in [-0.4, -0.2) is 29.4 Å². The summed E-state index contributed by atoms with van der Waals surface area (Å²) in [6.07, 6.45) is 1.44. The van der Waals surface area contributed by atoms with Crippen LogP contribution in [-0.2, 0) is 11.5 Å². The zero-order valence-corrected chi connectivity index (χ0v) is 15.8. The van der Waals surface area contributed by atoms with Crippen LogP contribution in [0.2, 0.25) is 25.7 Å². The van der Waals surface area contributed by atoms with Crippen LogP contribution in [0.1, 0.15) is 0 Å². The van der Waals surface area contributed by atoms with E-state index in [4.69, 9.17) is 10.5 Å². The number of anilines is 1. The standard InChI is InChI=1S/C18H23FN4OSi/c1-25(2,3)9-8-24-12-23-16-5-4-14(20)11-15(16)18(22-23)13-6-7-21-17(19)10-13/h4-7,10-11H,8-9,12,20H2,1-3H3. The van der Waals surface area contributed by atoms with Gasteiger partial charge in [-0.3, -0.25) is 0 Å². The van der Waals surface area contributed by atoms with Gasteiger partial charge in [0.05, 0.1) is 5.52 Å². The molecular formula is C18H23FN4OSi. The number of aromatic nitrogens is 3. The number of rotatable bonds is 6. The average Bonchev–Trinajstić information content (AvgIpc) is 2.88. The second kappa shape index (κ2) is 6.93. The first kappa shape index (κ1) is 17.6. The summed E-state index contributed by atoms with van der Waals surface area (Å²) >= 11 is 0. The highest BCUT2D eigenvalue weighted by atomic mass is 28.3. The summed E-state index contributed by atoms with van der Waals surface area (Å²) in [6, 6.07) is 9.82. The smallest absolute Gasteiger partial charge is 0.213 e. The third kappa shape index (κ3) is 4.24. The van der Waals surface area contributed by atoms with Gasteiger partial charge in [0.25, 0.3) is 0 Å². The van der Waals surface area contributed by atoms with Crippen LogP contribution < -0.4 is 5.73 Å². The lowest BCUT2D eigenvalue weighted by atomic mass is 10.1. The van der Waals surface area contributed by atoms with E-state index in [1.54, 1.807) is 10.7 Å². The highest BCUT2D eigenvalue weighted by Gasteiger charge is 2.15. The van der Waals surface area contributed by atoms with Crippen molar-refractivity contribution in [3.05, 3.63) is 42.5 Å². The molecule has 7 heteroatoms. The molecule has 1 aromatic carbocycles. The van der Waals surface area contributed by atoms with Crippen LogP contribution >= 0.6 is 0 Å². The Morgan fingerprint density at radius 1 is 1.20 bits per heavy atom. The number of nitrogens with two attached hydrogens (primary N) is 1. The van der Waals surface area contributed by atoms with Crippen molar-refractivity contribution in [2.45, 2.75) is 32.4 Å². The molecule has 0 spiro atoms. The summed E-state index contributed by atoms with van der Waals surface area (Å²) in [5, 5.41) is 5.50. The number of benzene rings is 1. The van der Waals surface area contributed by atoms with E-state index in [0.29, 0.717) is 30.3 Å². The van der Waals surface area contributed by atoms with E-state index >= 15 is 0 Å². The molecule has 132 valence electrons. The quantitative estimate of drug-likeness (QED) is 0.311. The topological polar surface area (TPSA) is 66.0 Å². The van der Waals surface area contributed by atoms with Gasteiger partial charge in [0, 0.05) is 43.6 Å². The van der Waals surface area contributed by atoms with Crippen LogP contribution in [0, 0.1) is 5.95 Å². The number of fused-ring (bicyclic) bond motifs is 1. The van der Waals surface area contributed by atoms with Crippen LogP contribution in [0.5, 0.6) is 0 Å². The second-order valence-corrected chi connectivity index (χ2v) is 13.0. The van der Waals surface area contributed by atoms with Crippen molar-refractivity contribution in [3.63, 3.8) is 0 Å². The lowest BCUT2D eigenvalue weighted by Crippen LogP contribution is -2.22. The number of halogens is 1. The van der Waals surface area contributed by atoms with E-state index in [1.807, 2.05) is 18.2 Å². The molecule has 3 rings (SSSR count). The fraction of sp³-hybridized carbons (Fsp3) is 0.333. The molecule has 0 bridgehead atoms. The highest BCUT2D eigenvalue weighted by molar-refractivity contribution is 6.76. The van der Waals surface area contributed by atoms with Gasteiger partial charge in [-0.05, 0) is 30.3 Å². The normalized spacial score (nSPS) is 12.0. The Labute approximate surface area is 147 Å². The minimum Gasteiger partial charge on any atom is -0.399 e. The highest BCUT2D eigenvalue weighted by Crippen LogP contribution is 2.29. The lowest BCUT2D eigenvalue weighted by molar-refractivity contribution is 0.0818. The first-order valence-electron chi connectivity index (χ1n) is 8.29. The molecule has 5 nitrogen and oxygen atoms in total. The molecule has 0 atom stereocenters. The van der Waals surface area contributed by atoms with Crippen molar-refractivity contribution in [2.24, 2.45) is 0 Å². The molecular weight excluding hydrogens is 335 g/mol. The Hall–Kier alpha value is -2.25. The lowest BCUT2D eigenvalue weighted by Gasteiger charge is -2.15. The summed E-state index contributed by atoms with van der Waals surface area (Å²) in [4.78, 5) is 3.61. The molecule has 3 aromatic rings. The van der Waals surface area contributed by atoms with Gasteiger partial charge in [0.1, 0.15) is 12.4 Å². The van der Waals surface area contributed by atoms with E-state index in [1.165, 1.54) is 12.3 Å². The SMILES string of the molecule is C[Si](C)(C)CCOCn1nc(-c2ccnc(F)c2)c2cc(N)ccc21. The number of nitrogens with zero attached hydrogens (tertiary/aromatic N) is 3. The van der Waals surface area contributed by atoms with Crippen LogP contribution in [0.15, 0.2) is 36.5 Å². The minimum absolute atomic E-state index is 0.360. The van der Waals surface area contributed by atoms with Crippen molar-refractivity contribution in [3.8, 4) is 11.3 Å². The molecule has 2 N–H and O–H groups in total. The van der Waals surface area contributed by atoms with E-state index in [9.17, 15) is 4.39 Å². The fourth-order valence-corrected chi connectivity index (χ4v) is 3.34. The maximum absolute atomic E-state index is 13.5. The summed E-state index contributed by atoms with van der Waals surface area (Å²) in [7, 11) is -1.13. The summed E-state index contributed by atoms with van der Waals surface area (Å²) in [5.74, 6) is -0.532. The van der Waals surface area contributed by atoms with Gasteiger partial charge in [-0.25, -0.2) is 9.67 Å². The fourth-order valence-electron chi connectivity index (χ4n) is 2.59. The Bertz CT molecular complexity index is 888. The van der Waals surface area contributed by atoms with Crippen LogP contribution in [0.3, 0.4) is 0 Å². The van der Waals surface area contributed by atoms with E-state index in [0.717, 1.165) is 16.9 Å². The molecule has 2 aromatic heterocycles. The number of hydrogen-bond acceptors (Lipinski definition) is 4. The second-order valence-electron chi connectivity index (χ2n) is 7.34. The number of pyridine rings is 1. The van der Waals surface area contributed by atoms with Gasteiger partial charge in [-0.15, -0.1) is 0 Å². The molecule has 0 aliphatic rings. The predicted octanol–water partition coefficient (Wildman–Crippen LogP) is 4.13. The first-order chi connectivity index (χ1) is 11.8. The number of ether oxygens (including phenoxy) is 1. The van der Waals surface area contributed by atoms with Gasteiger partial charge in [-0.1, -0.05) is 19.6 Å². The Morgan fingerprint density at radius 3 is 2.72 bits per heavy atom. The molecule has 0 saturated heterocycles. The van der Waals surface area contributed by atoms with E-state index < -0.39 is 14.0 Å². The van der Waals surface area contributed by atoms with Crippen molar-refractivity contribution < 1.29 is 9.13 Å². The summed E-state index contributed by atoms with van der Waals surface area (Å²) in [6.45, 7) is 8.03. The molecule has 0 unspecified atom stereocenters. The monoisotopic (exact) mass is 358 g/mol. The molecule has 0 saturated carbocycles. The molecule has 0 aliphatic heterocycles. The summed E-state index contributed by atoms with van der Waals surface area (Å²) in [5.41, 5.74) is 8.83. The van der Waals surface area contributed by atoms with Crippen molar-refractivity contribution >= 4 is 24.7 Å². The molecule has 0 aliphatic carbocycles. The Morgan fingerprint density at radius 2 is 2.00 bits per heavy atom. The maximum Gasteiger partial charge on any atom is 0.213 e. The molecule has 0 fully saturated rings. The van der Waals surface area contributed by atoms with Gasteiger partial charge in [-0.2, -0.15) is 9.49 Å². The zero-order valence-electron chi connectivity index (χ0n) is 14.8. The predicted molar refractivity (Wildman–Crippen MR) is 101 cm³/mol. The Kier molecular flexibility index (Phi) is 4.87. The number of hydrogen-bond donors (Lipinski definition) is 1. The minimum atomic E-state index is -1.13. The molecule has 2 heterocycles. The third-order valence-corrected chi connectivity index (χ3v) is 5.69. The average molecular weight is 358 g/mol. The van der Waals surface area contributed by atoms with Gasteiger partial charge in [0.15, 0.2) is 0 Å². The zero-order chi connectivity index (χ0) is 18.0. The molecule has 0 radical (unpaired) electrons. The van der Waals surface area contributed by atoms with Crippen LogP contribution in [0.25, 0.3) is 22.2 Å². The van der Waals surface area contributed by atoms with E-state index in [-0.39, 0.29) is 0 Å². The van der Waals surface area contributed by atoms with E-state index in [2.05, 4.69) is 29.7 Å². The van der Waals surface area contributed by atoms with Gasteiger partial charge < -0.3 is 10.5 Å². The van der Waals surface area contributed by atoms with Crippen molar-refractivity contribution in [1.82, 2.24) is 14.8 Å². The Balaban J connectivity index is 1.92. The summed E-state index contributed by atoms with van der Waals surface area (Å²) < 4.78 is 21.1. The molecule has 25 heavy (non-hydrogen) atoms. The third-order valence-electron chi connectivity index (χ3n) is 3.98. The molecule has 0 amide bonds. The van der Waals surface area contributed by atoms with Crippen LogP contribution in [0.4, 0.5) is 10.1 Å².